The molecule has 2 aromatic carbocycles. The molecule has 0 spiro atoms. The van der Waals surface area contributed by atoms with Crippen LogP contribution in [0.15, 0.2) is 59.7 Å². The molecule has 0 N–H and O–H groups in total. The zero-order valence-electron chi connectivity index (χ0n) is 24.3. The van der Waals surface area contributed by atoms with Crippen LogP contribution in [-0.2, 0) is 24.9 Å². The number of benzene rings is 2. The average Bonchev–Trinajstić information content (AvgIpc) is 3.57. The van der Waals surface area contributed by atoms with Gasteiger partial charge in [-0.1, -0.05) is 31.8 Å². The average molecular weight is 592 g/mol. The van der Waals surface area contributed by atoms with E-state index in [9.17, 15) is 13.6 Å². The highest BCUT2D eigenvalue weighted by molar-refractivity contribution is 6.76. The van der Waals surface area contributed by atoms with Gasteiger partial charge in [-0.3, -0.25) is 9.48 Å². The third-order valence-corrected chi connectivity index (χ3v) is 9.33. The second-order valence-corrected chi connectivity index (χ2v) is 18.0. The highest BCUT2D eigenvalue weighted by Crippen LogP contribution is 2.38. The predicted molar refractivity (Wildman–Crippen MR) is 162 cm³/mol. The Kier molecular flexibility index (Phi) is 7.48. The Balaban J connectivity index is 1.53. The zero-order chi connectivity index (χ0) is 29.6. The maximum absolute atomic E-state index is 14.3. The van der Waals surface area contributed by atoms with Crippen molar-refractivity contribution in [2.45, 2.75) is 58.3 Å². The van der Waals surface area contributed by atoms with Crippen molar-refractivity contribution in [1.82, 2.24) is 24.1 Å². The number of halogens is 2. The van der Waals surface area contributed by atoms with Gasteiger partial charge in [0, 0.05) is 44.9 Å². The van der Waals surface area contributed by atoms with Gasteiger partial charge in [0.05, 0.1) is 16.8 Å². The summed E-state index contributed by atoms with van der Waals surface area (Å²) in [5.41, 5.74) is 3.92. The quantitative estimate of drug-likeness (QED) is 0.128. The van der Waals surface area contributed by atoms with Gasteiger partial charge >= 0.3 is 6.61 Å². The minimum absolute atomic E-state index is 0.0352. The van der Waals surface area contributed by atoms with E-state index in [1.165, 1.54) is 16.8 Å². The van der Waals surface area contributed by atoms with Gasteiger partial charge in [-0.05, 0) is 72.7 Å². The molecule has 5 aromatic rings. The van der Waals surface area contributed by atoms with E-state index in [0.29, 0.717) is 41.7 Å². The second-order valence-electron chi connectivity index (χ2n) is 12.4. The summed E-state index contributed by atoms with van der Waals surface area (Å²) in [6.07, 6.45) is 7.11. The van der Waals surface area contributed by atoms with Gasteiger partial charge in [0.25, 0.3) is 5.56 Å². The van der Waals surface area contributed by atoms with E-state index in [4.69, 9.17) is 9.84 Å². The molecule has 0 aliphatic heterocycles. The lowest BCUT2D eigenvalue weighted by Crippen LogP contribution is -2.24. The first-order chi connectivity index (χ1) is 20.1. The lowest BCUT2D eigenvalue weighted by molar-refractivity contribution is -0.0498. The largest absolute Gasteiger partial charge is 0.435 e. The van der Waals surface area contributed by atoms with Crippen molar-refractivity contribution in [3.05, 3.63) is 70.8 Å². The number of rotatable bonds is 11. The number of hydrogen-bond donors (Lipinski definition) is 0. The molecule has 6 rings (SSSR count). The summed E-state index contributed by atoms with van der Waals surface area (Å²) in [4.78, 5) is 14.3. The maximum atomic E-state index is 14.3. The molecule has 1 aliphatic rings. The van der Waals surface area contributed by atoms with E-state index in [-0.39, 0.29) is 11.3 Å². The van der Waals surface area contributed by atoms with Crippen molar-refractivity contribution in [2.24, 2.45) is 13.0 Å². The van der Waals surface area contributed by atoms with Crippen LogP contribution in [0.5, 0.6) is 5.75 Å². The van der Waals surface area contributed by atoms with Gasteiger partial charge < -0.3 is 14.0 Å². The Morgan fingerprint density at radius 1 is 1.05 bits per heavy atom. The number of aromatic nitrogens is 5. The molecule has 8 nitrogen and oxygen atoms in total. The predicted octanol–water partition coefficient (Wildman–Crippen LogP) is 6.61. The van der Waals surface area contributed by atoms with Crippen LogP contribution in [0.2, 0.25) is 25.7 Å². The molecule has 0 radical (unpaired) electrons. The summed E-state index contributed by atoms with van der Waals surface area (Å²) in [6.45, 7) is 5.00. The van der Waals surface area contributed by atoms with Crippen LogP contribution < -0.4 is 10.3 Å². The molecule has 0 bridgehead atoms. The van der Waals surface area contributed by atoms with Gasteiger partial charge in [-0.2, -0.15) is 18.6 Å². The standard InChI is InChI=1S/C31H35F2N5O3Si/c1-36-17-22-16-24(9-12-26(22)34-36)38-30(39)28(21-7-10-25(11-8-21)41-31(32)33)27-23(15-20-5-6-20)18-37(29(27)35-38)19-40-13-14-42(2,3)4/h7-12,16-18,20,31H,5-6,13-15,19H2,1-4H3. The molecule has 11 heteroatoms. The summed E-state index contributed by atoms with van der Waals surface area (Å²) in [6, 6.07) is 12.9. The molecule has 1 aliphatic carbocycles. The van der Waals surface area contributed by atoms with E-state index in [1.807, 2.05) is 36.0 Å². The Bertz CT molecular complexity index is 1800. The highest BCUT2D eigenvalue weighted by Gasteiger charge is 2.27. The first-order valence-electron chi connectivity index (χ1n) is 14.3. The third kappa shape index (κ3) is 6.02. The first-order valence-corrected chi connectivity index (χ1v) is 18.0. The van der Waals surface area contributed by atoms with Crippen LogP contribution in [0.25, 0.3) is 38.8 Å². The van der Waals surface area contributed by atoms with Gasteiger partial charge in [0.15, 0.2) is 5.65 Å². The number of ether oxygens (including phenoxy) is 2. The second kappa shape index (κ2) is 11.1. The van der Waals surface area contributed by atoms with Crippen LogP contribution >= 0.6 is 0 Å². The van der Waals surface area contributed by atoms with Crippen molar-refractivity contribution < 1.29 is 18.3 Å². The Labute approximate surface area is 243 Å². The van der Waals surface area contributed by atoms with Crippen LogP contribution in [0.4, 0.5) is 8.78 Å². The molecule has 1 fully saturated rings. The maximum Gasteiger partial charge on any atom is 0.387 e. The topological polar surface area (TPSA) is 76.1 Å². The summed E-state index contributed by atoms with van der Waals surface area (Å²) < 4.78 is 41.6. The molecular formula is C31H35F2N5O3Si. The minimum Gasteiger partial charge on any atom is -0.435 e. The molecule has 42 heavy (non-hydrogen) atoms. The van der Waals surface area contributed by atoms with Gasteiger partial charge in [0.1, 0.15) is 12.5 Å². The summed E-state index contributed by atoms with van der Waals surface area (Å²) in [7, 11) is 0.587. The third-order valence-electron chi connectivity index (χ3n) is 7.63. The van der Waals surface area contributed by atoms with Crippen LogP contribution in [0.3, 0.4) is 0 Å². The molecule has 220 valence electrons. The molecular weight excluding hydrogens is 556 g/mol. The van der Waals surface area contributed by atoms with Crippen LogP contribution in [0.1, 0.15) is 18.4 Å². The fourth-order valence-electron chi connectivity index (χ4n) is 5.28. The van der Waals surface area contributed by atoms with E-state index in [1.54, 1.807) is 16.8 Å². The smallest absolute Gasteiger partial charge is 0.387 e. The number of alkyl halides is 2. The van der Waals surface area contributed by atoms with Gasteiger partial charge in [-0.25, -0.2) is 0 Å². The Morgan fingerprint density at radius 3 is 2.50 bits per heavy atom. The number of hydrogen-bond acceptors (Lipinski definition) is 5. The van der Waals surface area contributed by atoms with E-state index < -0.39 is 14.7 Å². The fraction of sp³-hybridized carbons (Fsp3) is 0.387. The zero-order valence-corrected chi connectivity index (χ0v) is 25.3. The summed E-state index contributed by atoms with van der Waals surface area (Å²) >= 11 is 0. The molecule has 0 atom stereocenters. The molecule has 0 amide bonds. The number of nitrogens with zero attached hydrogens (tertiary/aromatic N) is 5. The van der Waals surface area contributed by atoms with Crippen molar-refractivity contribution in [2.75, 3.05) is 6.61 Å². The van der Waals surface area contributed by atoms with E-state index in [2.05, 4.69) is 35.7 Å². The van der Waals surface area contributed by atoms with Crippen molar-refractivity contribution >= 4 is 30.0 Å². The summed E-state index contributed by atoms with van der Waals surface area (Å²) in [5, 5.41) is 11.0. The minimum atomic E-state index is -2.93. The van der Waals surface area contributed by atoms with Crippen molar-refractivity contribution in [1.29, 1.82) is 0 Å². The number of aryl methyl sites for hydroxylation is 1. The Morgan fingerprint density at radius 2 is 1.81 bits per heavy atom. The normalized spacial score (nSPS) is 14.0. The fourth-order valence-corrected chi connectivity index (χ4v) is 6.03. The highest BCUT2D eigenvalue weighted by atomic mass is 28.3. The molecule has 0 unspecified atom stereocenters. The monoisotopic (exact) mass is 591 g/mol. The molecule has 0 saturated heterocycles. The Hall–Kier alpha value is -3.83. The van der Waals surface area contributed by atoms with Gasteiger partial charge in [-0.15, -0.1) is 5.10 Å². The van der Waals surface area contributed by atoms with E-state index >= 15 is 0 Å². The number of fused-ring (bicyclic) bond motifs is 2. The summed E-state index contributed by atoms with van der Waals surface area (Å²) in [5.74, 6) is 0.606. The van der Waals surface area contributed by atoms with Crippen LogP contribution in [-0.4, -0.2) is 45.4 Å². The SMILES string of the molecule is Cn1cc2cc(-n3nc4c(c(CC5CC5)cn4COCC[Si](C)(C)C)c(-c4ccc(OC(F)F)cc4)c3=O)ccc2n1. The first kappa shape index (κ1) is 28.3. The van der Waals surface area contributed by atoms with E-state index in [0.717, 1.165) is 47.2 Å². The van der Waals surface area contributed by atoms with Gasteiger partial charge in [0.2, 0.25) is 0 Å². The lowest BCUT2D eigenvalue weighted by Gasteiger charge is -2.16. The molecule has 1 saturated carbocycles. The van der Waals surface area contributed by atoms with Crippen molar-refractivity contribution in [3.63, 3.8) is 0 Å². The lowest BCUT2D eigenvalue weighted by atomic mass is 9.99. The van der Waals surface area contributed by atoms with Crippen LogP contribution in [0, 0.1) is 5.92 Å². The van der Waals surface area contributed by atoms with Crippen molar-refractivity contribution in [3.8, 4) is 22.6 Å². The molecule has 3 heterocycles. The molecule has 3 aromatic heterocycles.